The van der Waals surface area contributed by atoms with Crippen molar-refractivity contribution in [3.63, 3.8) is 0 Å². The molecule has 0 unspecified atom stereocenters. The third-order valence-corrected chi connectivity index (χ3v) is 4.72. The second-order valence-electron chi connectivity index (χ2n) is 5.99. The normalized spacial score (nSPS) is 11.3. The molecule has 2 aromatic carbocycles. The summed E-state index contributed by atoms with van der Waals surface area (Å²) in [6.07, 6.45) is 1.69. The van der Waals surface area contributed by atoms with Crippen LogP contribution in [0.2, 0.25) is 0 Å². The number of carboxylic acids is 1. The summed E-state index contributed by atoms with van der Waals surface area (Å²) in [4.78, 5) is 18.4. The molecular formula is C20H16IN3O4. The molecule has 1 heterocycles. The molecule has 0 bridgehead atoms. The lowest BCUT2D eigenvalue weighted by atomic mass is 10.1. The number of nitrogens with one attached hydrogen (secondary N) is 1. The fraction of sp³-hybridized carbons (Fsp3) is 0.150. The molecule has 3 aromatic rings. The molecule has 28 heavy (non-hydrogen) atoms. The van der Waals surface area contributed by atoms with Crippen molar-refractivity contribution >= 4 is 51.2 Å². The van der Waals surface area contributed by atoms with Gasteiger partial charge in [-0.1, -0.05) is 6.07 Å². The molecule has 2 N–H and O–H groups in total. The van der Waals surface area contributed by atoms with Crippen molar-refractivity contribution in [2.45, 2.75) is 6.92 Å². The Balaban J connectivity index is 2.00. The van der Waals surface area contributed by atoms with Gasteiger partial charge >= 0.3 is 5.97 Å². The molecule has 0 amide bonds. The number of H-pyrrole nitrogens is 1. The summed E-state index contributed by atoms with van der Waals surface area (Å²) in [6, 6.07) is 11.5. The van der Waals surface area contributed by atoms with Gasteiger partial charge in [0.1, 0.15) is 11.9 Å². The number of rotatable bonds is 6. The number of aromatic amines is 1. The number of carbonyl (C=O) groups is 1. The fourth-order valence-electron chi connectivity index (χ4n) is 2.67. The number of aryl methyl sites for hydroxylation is 1. The molecule has 0 radical (unpaired) electrons. The van der Waals surface area contributed by atoms with Crippen LogP contribution in [0.4, 0.5) is 0 Å². The Morgan fingerprint density at radius 2 is 2.18 bits per heavy atom. The molecule has 1 aromatic heterocycles. The smallest absolute Gasteiger partial charge is 0.341 e. The van der Waals surface area contributed by atoms with Crippen LogP contribution in [0, 0.1) is 21.8 Å². The Morgan fingerprint density at radius 3 is 2.86 bits per heavy atom. The first kappa shape index (κ1) is 19.7. The van der Waals surface area contributed by atoms with Crippen LogP contribution >= 0.6 is 22.6 Å². The van der Waals surface area contributed by atoms with Crippen molar-refractivity contribution in [3.8, 4) is 17.6 Å². The number of imidazole rings is 1. The van der Waals surface area contributed by atoms with Gasteiger partial charge in [-0.25, -0.2) is 9.78 Å². The van der Waals surface area contributed by atoms with E-state index in [1.54, 1.807) is 18.2 Å². The van der Waals surface area contributed by atoms with Crippen LogP contribution in [0.15, 0.2) is 30.3 Å². The van der Waals surface area contributed by atoms with Crippen LogP contribution in [-0.2, 0) is 4.79 Å². The van der Waals surface area contributed by atoms with Gasteiger partial charge in [-0.2, -0.15) is 5.26 Å². The average molecular weight is 489 g/mol. The van der Waals surface area contributed by atoms with Gasteiger partial charge in [0.15, 0.2) is 18.1 Å². The van der Waals surface area contributed by atoms with Crippen LogP contribution in [0.3, 0.4) is 0 Å². The zero-order chi connectivity index (χ0) is 20.3. The van der Waals surface area contributed by atoms with Crippen LogP contribution < -0.4 is 9.47 Å². The van der Waals surface area contributed by atoms with E-state index in [-0.39, 0.29) is 0 Å². The number of carboxylic acid groups (broad SMARTS) is 1. The first-order chi connectivity index (χ1) is 13.4. The van der Waals surface area contributed by atoms with E-state index in [0.717, 1.165) is 16.6 Å². The number of nitriles is 1. The van der Waals surface area contributed by atoms with Crippen LogP contribution in [0.1, 0.15) is 17.0 Å². The monoisotopic (exact) mass is 489 g/mol. The van der Waals surface area contributed by atoms with E-state index >= 15 is 0 Å². The second kappa shape index (κ2) is 8.31. The van der Waals surface area contributed by atoms with E-state index in [0.29, 0.717) is 32.0 Å². The predicted octanol–water partition coefficient (Wildman–Crippen LogP) is 4.01. The zero-order valence-corrected chi connectivity index (χ0v) is 17.3. The van der Waals surface area contributed by atoms with Gasteiger partial charge in [-0.3, -0.25) is 0 Å². The van der Waals surface area contributed by atoms with Crippen molar-refractivity contribution in [2.75, 3.05) is 13.7 Å². The third kappa shape index (κ3) is 4.26. The van der Waals surface area contributed by atoms with E-state index in [2.05, 4.69) is 16.0 Å². The molecule has 7 nitrogen and oxygen atoms in total. The number of aliphatic carboxylic acids is 1. The third-order valence-electron chi connectivity index (χ3n) is 3.92. The van der Waals surface area contributed by atoms with Gasteiger partial charge in [0, 0.05) is 0 Å². The molecular weight excluding hydrogens is 473 g/mol. The number of allylic oxidation sites excluding steroid dienone is 1. The van der Waals surface area contributed by atoms with Gasteiger partial charge < -0.3 is 19.6 Å². The van der Waals surface area contributed by atoms with Gasteiger partial charge in [0.2, 0.25) is 0 Å². The highest BCUT2D eigenvalue weighted by molar-refractivity contribution is 14.1. The molecule has 0 spiro atoms. The van der Waals surface area contributed by atoms with Crippen LogP contribution in [-0.4, -0.2) is 34.8 Å². The van der Waals surface area contributed by atoms with Crippen molar-refractivity contribution in [2.24, 2.45) is 0 Å². The summed E-state index contributed by atoms with van der Waals surface area (Å²) in [5.74, 6) is 0.134. The van der Waals surface area contributed by atoms with E-state index in [4.69, 9.17) is 14.6 Å². The Labute approximate surface area is 174 Å². The standard InChI is InChI=1S/C20H16IN3O4/c1-11-3-4-15-16(5-11)24-20(23-15)13(9-22)6-12-7-14(21)19(17(8-12)27-2)28-10-18(25)26/h3-8H,10H2,1-2H3,(H,23,24)(H,25,26)/b13-6-. The molecule has 142 valence electrons. The Morgan fingerprint density at radius 1 is 1.39 bits per heavy atom. The van der Waals surface area contributed by atoms with Gasteiger partial charge in [0.25, 0.3) is 0 Å². The maximum Gasteiger partial charge on any atom is 0.341 e. The number of hydrogen-bond donors (Lipinski definition) is 2. The minimum Gasteiger partial charge on any atom is -0.493 e. The van der Waals surface area contributed by atoms with E-state index < -0.39 is 12.6 Å². The van der Waals surface area contributed by atoms with Crippen molar-refractivity contribution in [3.05, 3.63) is 50.9 Å². The Kier molecular flexibility index (Phi) is 5.84. The van der Waals surface area contributed by atoms with E-state index in [1.807, 2.05) is 47.7 Å². The summed E-state index contributed by atoms with van der Waals surface area (Å²) >= 11 is 2.04. The Hall–Kier alpha value is -3.06. The average Bonchev–Trinajstić information content (AvgIpc) is 3.07. The molecule has 0 aliphatic heterocycles. The van der Waals surface area contributed by atoms with E-state index in [9.17, 15) is 10.1 Å². The fourth-order valence-corrected chi connectivity index (χ4v) is 3.45. The highest BCUT2D eigenvalue weighted by Gasteiger charge is 2.14. The Bertz CT molecular complexity index is 1130. The summed E-state index contributed by atoms with van der Waals surface area (Å²) in [5, 5.41) is 18.4. The number of benzene rings is 2. The molecule has 3 rings (SSSR count). The van der Waals surface area contributed by atoms with Crippen LogP contribution in [0.5, 0.6) is 11.5 Å². The zero-order valence-electron chi connectivity index (χ0n) is 15.1. The second-order valence-corrected chi connectivity index (χ2v) is 7.15. The van der Waals surface area contributed by atoms with Gasteiger partial charge in [-0.15, -0.1) is 0 Å². The summed E-state index contributed by atoms with van der Waals surface area (Å²) in [5.41, 5.74) is 3.82. The van der Waals surface area contributed by atoms with Gasteiger partial charge in [0.05, 0.1) is 27.3 Å². The van der Waals surface area contributed by atoms with Crippen LogP contribution in [0.25, 0.3) is 22.7 Å². The number of ether oxygens (including phenoxy) is 2. The molecule has 0 aliphatic rings. The maximum atomic E-state index is 10.8. The van der Waals surface area contributed by atoms with Crippen molar-refractivity contribution < 1.29 is 19.4 Å². The topological polar surface area (TPSA) is 108 Å². The molecule has 0 aliphatic carbocycles. The molecule has 8 heteroatoms. The quantitative estimate of drug-likeness (QED) is 0.400. The molecule has 0 fully saturated rings. The van der Waals surface area contributed by atoms with Crippen molar-refractivity contribution in [1.29, 1.82) is 5.26 Å². The number of halogens is 1. The van der Waals surface area contributed by atoms with Gasteiger partial charge in [-0.05, 0) is 71.0 Å². The molecule has 0 saturated carbocycles. The number of aromatic nitrogens is 2. The lowest BCUT2D eigenvalue weighted by molar-refractivity contribution is -0.139. The first-order valence-corrected chi connectivity index (χ1v) is 9.30. The lowest BCUT2D eigenvalue weighted by Crippen LogP contribution is -2.11. The minimum atomic E-state index is -1.08. The predicted molar refractivity (Wildman–Crippen MR) is 113 cm³/mol. The highest BCUT2D eigenvalue weighted by atomic mass is 127. The summed E-state index contributed by atoms with van der Waals surface area (Å²) < 4.78 is 11.3. The number of hydrogen-bond acceptors (Lipinski definition) is 5. The minimum absolute atomic E-state index is 0.348. The first-order valence-electron chi connectivity index (χ1n) is 8.22. The highest BCUT2D eigenvalue weighted by Crippen LogP contribution is 2.35. The number of fused-ring (bicyclic) bond motifs is 1. The molecule has 0 atom stereocenters. The largest absolute Gasteiger partial charge is 0.493 e. The number of methoxy groups -OCH3 is 1. The maximum absolute atomic E-state index is 10.8. The SMILES string of the molecule is COc1cc(/C=C(/C#N)c2nc3ccc(C)cc3[nH]2)cc(I)c1OCC(=O)O. The van der Waals surface area contributed by atoms with Crippen molar-refractivity contribution in [1.82, 2.24) is 9.97 Å². The lowest BCUT2D eigenvalue weighted by Gasteiger charge is -2.12. The molecule has 0 saturated heterocycles. The summed E-state index contributed by atoms with van der Waals surface area (Å²) in [7, 11) is 1.47. The summed E-state index contributed by atoms with van der Waals surface area (Å²) in [6.45, 7) is 1.52. The number of nitrogens with zero attached hydrogens (tertiary/aromatic N) is 2. The van der Waals surface area contributed by atoms with E-state index in [1.165, 1.54) is 7.11 Å².